The van der Waals surface area contributed by atoms with E-state index in [1.54, 1.807) is 30.5 Å². The molecule has 6 nitrogen and oxygen atoms in total. The van der Waals surface area contributed by atoms with Crippen molar-refractivity contribution in [1.29, 1.82) is 0 Å². The lowest BCUT2D eigenvalue weighted by Gasteiger charge is -2.33. The molecule has 1 aliphatic heterocycles. The molecule has 0 aliphatic carbocycles. The van der Waals surface area contributed by atoms with E-state index in [0.29, 0.717) is 35.3 Å². The van der Waals surface area contributed by atoms with E-state index < -0.39 is 0 Å². The number of carbonyl (C=O) groups excluding carboxylic acids is 1. The molecule has 25 heavy (non-hydrogen) atoms. The first-order valence-electron chi connectivity index (χ1n) is 8.12. The number of urea groups is 1. The van der Waals surface area contributed by atoms with Gasteiger partial charge in [-0.1, -0.05) is 23.7 Å². The molecule has 1 aliphatic rings. The second-order valence-corrected chi connectivity index (χ2v) is 6.17. The molecule has 2 heterocycles. The number of piperidine rings is 1. The second kappa shape index (κ2) is 8.07. The van der Waals surface area contributed by atoms with E-state index >= 15 is 0 Å². The van der Waals surface area contributed by atoms with Crippen molar-refractivity contribution < 1.29 is 14.3 Å². The minimum Gasteiger partial charge on any atom is -0.495 e. The van der Waals surface area contributed by atoms with E-state index in [9.17, 15) is 4.79 Å². The number of rotatable bonds is 4. The molecule has 1 aromatic carbocycles. The van der Waals surface area contributed by atoms with Crippen molar-refractivity contribution in [3.63, 3.8) is 0 Å². The molecule has 3 rings (SSSR count). The number of pyridine rings is 1. The Morgan fingerprint density at radius 3 is 2.96 bits per heavy atom. The normalized spacial score (nSPS) is 17.0. The zero-order chi connectivity index (χ0) is 17.6. The van der Waals surface area contributed by atoms with Crippen LogP contribution in [0.4, 0.5) is 10.5 Å². The van der Waals surface area contributed by atoms with Crippen molar-refractivity contribution >= 4 is 23.3 Å². The van der Waals surface area contributed by atoms with Crippen LogP contribution in [0.5, 0.6) is 11.5 Å². The monoisotopic (exact) mass is 361 g/mol. The first kappa shape index (κ1) is 17.4. The van der Waals surface area contributed by atoms with Crippen LogP contribution in [0.2, 0.25) is 5.02 Å². The maximum atomic E-state index is 12.6. The van der Waals surface area contributed by atoms with E-state index in [4.69, 9.17) is 21.1 Å². The lowest BCUT2D eigenvalue weighted by atomic mass is 10.1. The van der Waals surface area contributed by atoms with Crippen molar-refractivity contribution in [3.05, 3.63) is 47.7 Å². The highest BCUT2D eigenvalue weighted by Gasteiger charge is 2.26. The molecule has 1 atom stereocenters. The minimum absolute atomic E-state index is 0.0999. The van der Waals surface area contributed by atoms with E-state index in [1.807, 2.05) is 24.3 Å². The fourth-order valence-corrected chi connectivity index (χ4v) is 2.96. The summed E-state index contributed by atoms with van der Waals surface area (Å²) in [6.07, 6.45) is 4.82. The summed E-state index contributed by atoms with van der Waals surface area (Å²) in [5.41, 5.74) is 0.648. The number of nitrogens with one attached hydrogen (secondary N) is 1. The predicted octanol–water partition coefficient (Wildman–Crippen LogP) is 3.82. The van der Waals surface area contributed by atoms with Crippen molar-refractivity contribution in [2.24, 2.45) is 0 Å². The van der Waals surface area contributed by atoms with Gasteiger partial charge in [0.1, 0.15) is 22.6 Å². The number of anilines is 1. The number of carbonyl (C=O) groups is 1. The molecule has 1 N–H and O–H groups in total. The second-order valence-electron chi connectivity index (χ2n) is 5.76. The zero-order valence-corrected chi connectivity index (χ0v) is 14.7. The summed E-state index contributed by atoms with van der Waals surface area (Å²) >= 11 is 6.09. The molecule has 0 radical (unpaired) electrons. The van der Waals surface area contributed by atoms with Gasteiger partial charge in [-0.25, -0.2) is 4.79 Å². The lowest BCUT2D eigenvalue weighted by Crippen LogP contribution is -2.46. The van der Waals surface area contributed by atoms with Crippen LogP contribution < -0.4 is 14.8 Å². The van der Waals surface area contributed by atoms with Gasteiger partial charge in [-0.2, -0.15) is 0 Å². The van der Waals surface area contributed by atoms with Crippen molar-refractivity contribution in [2.45, 2.75) is 18.9 Å². The van der Waals surface area contributed by atoms with Gasteiger partial charge in [0.25, 0.3) is 0 Å². The fourth-order valence-electron chi connectivity index (χ4n) is 2.80. The van der Waals surface area contributed by atoms with Crippen molar-refractivity contribution in [1.82, 2.24) is 9.88 Å². The summed E-state index contributed by atoms with van der Waals surface area (Å²) in [4.78, 5) is 18.3. The van der Waals surface area contributed by atoms with Crippen LogP contribution in [0.25, 0.3) is 0 Å². The molecule has 0 saturated carbocycles. The third-order valence-corrected chi connectivity index (χ3v) is 4.33. The van der Waals surface area contributed by atoms with Crippen LogP contribution in [-0.2, 0) is 0 Å². The minimum atomic E-state index is -0.168. The lowest BCUT2D eigenvalue weighted by molar-refractivity contribution is 0.106. The van der Waals surface area contributed by atoms with Gasteiger partial charge in [-0.3, -0.25) is 4.98 Å². The van der Waals surface area contributed by atoms with E-state index in [2.05, 4.69) is 10.3 Å². The summed E-state index contributed by atoms with van der Waals surface area (Å²) in [6, 6.07) is 8.90. The number of aromatic nitrogens is 1. The number of methoxy groups -OCH3 is 1. The number of hydrogen-bond donors (Lipinski definition) is 1. The molecule has 132 valence electrons. The molecular weight excluding hydrogens is 342 g/mol. The highest BCUT2D eigenvalue weighted by Crippen LogP contribution is 2.27. The van der Waals surface area contributed by atoms with Gasteiger partial charge in [-0.05, 0) is 25.0 Å². The first-order valence-corrected chi connectivity index (χ1v) is 8.50. The van der Waals surface area contributed by atoms with E-state index in [1.165, 1.54) is 0 Å². The Kier molecular flexibility index (Phi) is 5.60. The number of para-hydroxylation sites is 2. The predicted molar refractivity (Wildman–Crippen MR) is 96.5 cm³/mol. The Balaban J connectivity index is 1.63. The average molecular weight is 362 g/mol. The van der Waals surface area contributed by atoms with Crippen molar-refractivity contribution in [2.75, 3.05) is 25.5 Å². The number of ether oxygens (including phenoxy) is 2. The summed E-state index contributed by atoms with van der Waals surface area (Å²) in [6.45, 7) is 1.19. The Bertz CT molecular complexity index is 741. The SMILES string of the molecule is COc1ccccc1NC(=O)N1CCCC(Oc2ccncc2Cl)C1. The molecule has 2 aromatic rings. The Hall–Kier alpha value is -2.47. The maximum absolute atomic E-state index is 12.6. The number of halogens is 1. The molecule has 1 fully saturated rings. The van der Waals surface area contributed by atoms with Gasteiger partial charge < -0.3 is 19.7 Å². The third kappa shape index (κ3) is 4.33. The topological polar surface area (TPSA) is 63.7 Å². The van der Waals surface area contributed by atoms with Crippen LogP contribution in [-0.4, -0.2) is 42.2 Å². The molecule has 0 spiro atoms. The van der Waals surface area contributed by atoms with Gasteiger partial charge in [-0.15, -0.1) is 0 Å². The Morgan fingerprint density at radius 2 is 2.16 bits per heavy atom. The van der Waals surface area contributed by atoms with Crippen LogP contribution in [0, 0.1) is 0 Å². The van der Waals surface area contributed by atoms with Gasteiger partial charge in [0.15, 0.2) is 0 Å². The third-order valence-electron chi connectivity index (χ3n) is 4.04. The molecule has 2 amide bonds. The summed E-state index contributed by atoms with van der Waals surface area (Å²) in [5, 5.41) is 3.37. The first-order chi connectivity index (χ1) is 12.2. The fraction of sp³-hybridized carbons (Fsp3) is 0.333. The number of hydrogen-bond acceptors (Lipinski definition) is 4. The number of amides is 2. The summed E-state index contributed by atoms with van der Waals surface area (Å²) in [5.74, 6) is 1.22. The van der Waals surface area contributed by atoms with Gasteiger partial charge in [0, 0.05) is 25.0 Å². The van der Waals surface area contributed by atoms with E-state index in [-0.39, 0.29) is 12.1 Å². The van der Waals surface area contributed by atoms with Crippen LogP contribution in [0.3, 0.4) is 0 Å². The van der Waals surface area contributed by atoms with Crippen LogP contribution >= 0.6 is 11.6 Å². The average Bonchev–Trinajstić information content (AvgIpc) is 2.64. The molecule has 0 bridgehead atoms. The Labute approximate surface area is 151 Å². The zero-order valence-electron chi connectivity index (χ0n) is 13.9. The van der Waals surface area contributed by atoms with Gasteiger partial charge in [0.2, 0.25) is 0 Å². The highest BCUT2D eigenvalue weighted by atomic mass is 35.5. The van der Waals surface area contributed by atoms with Gasteiger partial charge >= 0.3 is 6.03 Å². The quantitative estimate of drug-likeness (QED) is 0.899. The number of benzene rings is 1. The highest BCUT2D eigenvalue weighted by molar-refractivity contribution is 6.31. The standard InChI is InChI=1S/C18H20ClN3O3/c1-24-17-7-3-2-6-15(17)21-18(23)22-10-4-5-13(12-22)25-16-8-9-20-11-14(16)19/h2-3,6-9,11,13H,4-5,10,12H2,1H3,(H,21,23). The smallest absolute Gasteiger partial charge is 0.322 e. The maximum Gasteiger partial charge on any atom is 0.322 e. The molecule has 7 heteroatoms. The summed E-state index contributed by atoms with van der Waals surface area (Å²) in [7, 11) is 1.58. The number of likely N-dealkylation sites (tertiary alicyclic amines) is 1. The van der Waals surface area contributed by atoms with Crippen LogP contribution in [0.15, 0.2) is 42.7 Å². The van der Waals surface area contributed by atoms with Crippen molar-refractivity contribution in [3.8, 4) is 11.5 Å². The summed E-state index contributed by atoms with van der Waals surface area (Å²) < 4.78 is 11.2. The van der Waals surface area contributed by atoms with Crippen LogP contribution in [0.1, 0.15) is 12.8 Å². The number of nitrogens with zero attached hydrogens (tertiary/aromatic N) is 2. The Morgan fingerprint density at radius 1 is 1.32 bits per heavy atom. The molecule has 1 aromatic heterocycles. The molecule has 1 unspecified atom stereocenters. The largest absolute Gasteiger partial charge is 0.495 e. The van der Waals surface area contributed by atoms with Gasteiger partial charge in [0.05, 0.1) is 19.3 Å². The van der Waals surface area contributed by atoms with E-state index in [0.717, 1.165) is 12.8 Å². The molecule has 1 saturated heterocycles. The molecular formula is C18H20ClN3O3.